The lowest BCUT2D eigenvalue weighted by atomic mass is 10.4. The normalized spacial score (nSPS) is 18.7. The van der Waals surface area contributed by atoms with Crippen molar-refractivity contribution in [2.75, 3.05) is 32.8 Å². The first-order chi connectivity index (χ1) is 13.5. The Bertz CT molecular complexity index is 941. The summed E-state index contributed by atoms with van der Waals surface area (Å²) in [6, 6.07) is 3.12. The predicted molar refractivity (Wildman–Crippen MR) is 96.9 cm³/mol. The number of hydrogen-bond acceptors (Lipinski definition) is 9. The summed E-state index contributed by atoms with van der Waals surface area (Å²) in [5.74, 6) is 0.454. The van der Waals surface area contributed by atoms with Crippen molar-refractivity contribution < 1.29 is 22.4 Å². The molecule has 1 amide bonds. The van der Waals surface area contributed by atoms with Crippen molar-refractivity contribution in [3.8, 4) is 0 Å². The van der Waals surface area contributed by atoms with Crippen LogP contribution >= 0.6 is 11.8 Å². The van der Waals surface area contributed by atoms with Crippen LogP contribution in [0.15, 0.2) is 37.9 Å². The average Bonchev–Trinajstić information content (AvgIpc) is 3.32. The van der Waals surface area contributed by atoms with Gasteiger partial charge in [-0.25, -0.2) is 13.4 Å². The summed E-state index contributed by atoms with van der Waals surface area (Å²) in [6.07, 6.45) is 2.73. The van der Waals surface area contributed by atoms with Crippen LogP contribution in [0.4, 0.5) is 0 Å². The first-order valence-electron chi connectivity index (χ1n) is 8.84. The van der Waals surface area contributed by atoms with Gasteiger partial charge in [0, 0.05) is 32.3 Å². The van der Waals surface area contributed by atoms with Crippen LogP contribution in [-0.2, 0) is 26.1 Å². The largest absolute Gasteiger partial charge is 0.414 e. The highest BCUT2D eigenvalue weighted by Crippen LogP contribution is 2.26. The number of amides is 1. The number of likely N-dealkylation sites (tertiary alicyclic amines) is 1. The Kier molecular flexibility index (Phi) is 5.62. The number of rotatable bonds is 6. The third kappa shape index (κ3) is 4.19. The quantitative estimate of drug-likeness (QED) is 0.661. The molecule has 4 rings (SSSR count). The van der Waals surface area contributed by atoms with E-state index in [-0.39, 0.29) is 16.0 Å². The van der Waals surface area contributed by atoms with E-state index in [2.05, 4.69) is 15.2 Å². The molecule has 0 unspecified atom stereocenters. The molecule has 10 nitrogen and oxygen atoms in total. The number of morpholine rings is 1. The number of aromatic nitrogens is 3. The Hall–Kier alpha value is -2.02. The number of nitrogens with zero attached hydrogens (tertiary/aromatic N) is 5. The van der Waals surface area contributed by atoms with Gasteiger partial charge >= 0.3 is 0 Å². The van der Waals surface area contributed by atoms with Gasteiger partial charge in [0.25, 0.3) is 5.22 Å². The van der Waals surface area contributed by atoms with Crippen molar-refractivity contribution >= 4 is 27.7 Å². The van der Waals surface area contributed by atoms with Crippen LogP contribution in [-0.4, -0.2) is 71.6 Å². The van der Waals surface area contributed by atoms with E-state index in [0.717, 1.165) is 18.2 Å². The minimum atomic E-state index is -3.57. The summed E-state index contributed by atoms with van der Waals surface area (Å²) < 4.78 is 37.3. The van der Waals surface area contributed by atoms with E-state index in [4.69, 9.17) is 9.15 Å². The fourth-order valence-corrected chi connectivity index (χ4v) is 4.98. The Labute approximate surface area is 166 Å². The minimum Gasteiger partial charge on any atom is -0.414 e. The van der Waals surface area contributed by atoms with E-state index in [0.29, 0.717) is 56.7 Å². The van der Waals surface area contributed by atoms with Gasteiger partial charge in [0.2, 0.25) is 21.8 Å². The molecule has 0 aliphatic carbocycles. The molecule has 0 radical (unpaired) electrons. The summed E-state index contributed by atoms with van der Waals surface area (Å²) >= 11 is 1.14. The third-order valence-electron chi connectivity index (χ3n) is 4.45. The van der Waals surface area contributed by atoms with E-state index in [1.165, 1.54) is 16.6 Å². The highest BCUT2D eigenvalue weighted by atomic mass is 32.2. The van der Waals surface area contributed by atoms with Gasteiger partial charge in [0.1, 0.15) is 9.92 Å². The van der Waals surface area contributed by atoms with Crippen LogP contribution in [0.2, 0.25) is 0 Å². The van der Waals surface area contributed by atoms with E-state index < -0.39 is 10.0 Å². The number of carbonyl (C=O) groups is 1. The monoisotopic (exact) mass is 425 g/mol. The zero-order valence-electron chi connectivity index (χ0n) is 15.0. The topological polar surface area (TPSA) is 119 Å². The Morgan fingerprint density at radius 1 is 1.14 bits per heavy atom. The molecule has 0 aromatic carbocycles. The highest BCUT2D eigenvalue weighted by Gasteiger charge is 2.27. The Morgan fingerprint density at radius 3 is 2.64 bits per heavy atom. The van der Waals surface area contributed by atoms with Gasteiger partial charge in [-0.15, -0.1) is 10.2 Å². The molecule has 2 aromatic rings. The van der Waals surface area contributed by atoms with E-state index >= 15 is 0 Å². The smallest absolute Gasteiger partial charge is 0.283 e. The first-order valence-corrected chi connectivity index (χ1v) is 11.1. The molecule has 0 atom stereocenters. The number of carbonyl (C=O) groups excluding carboxylic acids is 1. The molecule has 2 aromatic heterocycles. The summed E-state index contributed by atoms with van der Waals surface area (Å²) in [5.41, 5.74) is 0. The molecule has 0 saturated carbocycles. The molecular formula is C16H19N5O5S2. The van der Waals surface area contributed by atoms with Gasteiger partial charge in [0.15, 0.2) is 0 Å². The molecule has 2 saturated heterocycles. The molecule has 12 heteroatoms. The van der Waals surface area contributed by atoms with Crippen LogP contribution in [0.25, 0.3) is 0 Å². The zero-order valence-corrected chi connectivity index (χ0v) is 16.6. The molecule has 2 fully saturated rings. The second kappa shape index (κ2) is 8.15. The lowest BCUT2D eigenvalue weighted by Crippen LogP contribution is -2.40. The molecule has 0 spiro atoms. The molecule has 0 bridgehead atoms. The lowest BCUT2D eigenvalue weighted by molar-refractivity contribution is -0.128. The van der Waals surface area contributed by atoms with Crippen LogP contribution in [0, 0.1) is 0 Å². The third-order valence-corrected chi connectivity index (χ3v) is 7.13. The summed E-state index contributed by atoms with van der Waals surface area (Å²) in [5, 5.41) is 8.73. The van der Waals surface area contributed by atoms with E-state index in [9.17, 15) is 13.2 Å². The summed E-state index contributed by atoms with van der Waals surface area (Å²) in [4.78, 5) is 17.7. The zero-order chi connectivity index (χ0) is 19.6. The summed E-state index contributed by atoms with van der Waals surface area (Å²) in [6.45, 7) is 2.46. The van der Waals surface area contributed by atoms with Crippen LogP contribution in [0.1, 0.15) is 18.7 Å². The van der Waals surface area contributed by atoms with Gasteiger partial charge < -0.3 is 14.1 Å². The van der Waals surface area contributed by atoms with Crippen molar-refractivity contribution in [2.45, 2.75) is 34.5 Å². The number of ether oxygens (including phenoxy) is 1. The van der Waals surface area contributed by atoms with Gasteiger partial charge in [0.05, 0.1) is 19.8 Å². The fourth-order valence-electron chi connectivity index (χ4n) is 2.98. The average molecular weight is 425 g/mol. The molecule has 150 valence electrons. The van der Waals surface area contributed by atoms with Gasteiger partial charge in [-0.2, -0.15) is 4.31 Å². The lowest BCUT2D eigenvalue weighted by Gasteiger charge is -2.25. The fraction of sp³-hybridized carbons (Fsp3) is 0.500. The van der Waals surface area contributed by atoms with Crippen molar-refractivity contribution in [2.24, 2.45) is 0 Å². The van der Waals surface area contributed by atoms with Gasteiger partial charge in [-0.3, -0.25) is 4.79 Å². The van der Waals surface area contributed by atoms with Crippen molar-refractivity contribution in [3.05, 3.63) is 24.2 Å². The van der Waals surface area contributed by atoms with Gasteiger partial charge in [-0.05, 0) is 30.3 Å². The molecule has 28 heavy (non-hydrogen) atoms. The van der Waals surface area contributed by atoms with E-state index in [1.54, 1.807) is 11.0 Å². The second-order valence-electron chi connectivity index (χ2n) is 6.33. The minimum absolute atomic E-state index is 0.0890. The van der Waals surface area contributed by atoms with Crippen molar-refractivity contribution in [1.29, 1.82) is 0 Å². The molecule has 2 aliphatic rings. The van der Waals surface area contributed by atoms with Crippen molar-refractivity contribution in [1.82, 2.24) is 24.4 Å². The maximum Gasteiger partial charge on any atom is 0.283 e. The molecular weight excluding hydrogens is 406 g/mol. The highest BCUT2D eigenvalue weighted by molar-refractivity contribution is 7.99. The van der Waals surface area contributed by atoms with E-state index in [1.807, 2.05) is 0 Å². The number of hydrogen-bond donors (Lipinski definition) is 0. The number of sulfonamides is 1. The van der Waals surface area contributed by atoms with Gasteiger partial charge in [-0.1, -0.05) is 0 Å². The maximum absolute atomic E-state index is 12.6. The molecule has 0 N–H and O–H groups in total. The number of pyridine rings is 1. The first kappa shape index (κ1) is 19.3. The standard InChI is InChI=1S/C16H19N5O5S2/c22-15-2-1-5-20(15)11-13-18-19-16(26-13)27-14-4-3-12(10-17-14)28(23,24)21-6-8-25-9-7-21/h3-4,10H,1-2,5-9,11H2. The second-order valence-corrected chi connectivity index (χ2v) is 9.24. The SMILES string of the molecule is O=C1CCCN1Cc1nnc(Sc2ccc(S(=O)(=O)N3CCOCC3)cn2)o1. The maximum atomic E-state index is 12.6. The van der Waals surface area contributed by atoms with Crippen molar-refractivity contribution in [3.63, 3.8) is 0 Å². The Morgan fingerprint density at radius 2 is 1.96 bits per heavy atom. The Balaban J connectivity index is 1.40. The predicted octanol–water partition coefficient (Wildman–Crippen LogP) is 0.759. The van der Waals surface area contributed by atoms with Crippen LogP contribution in [0.5, 0.6) is 0 Å². The van der Waals surface area contributed by atoms with Crippen LogP contribution in [0.3, 0.4) is 0 Å². The molecule has 4 heterocycles. The summed E-state index contributed by atoms with van der Waals surface area (Å²) in [7, 11) is -3.57. The molecule has 2 aliphatic heterocycles. The van der Waals surface area contributed by atoms with Crippen LogP contribution < -0.4 is 0 Å².